The van der Waals surface area contributed by atoms with Gasteiger partial charge in [0.05, 0.1) is 17.3 Å². The molecule has 0 radical (unpaired) electrons. The number of hydrogen-bond donors (Lipinski definition) is 2. The van der Waals surface area contributed by atoms with Gasteiger partial charge in [0, 0.05) is 16.9 Å². The third kappa shape index (κ3) is 4.55. The monoisotopic (exact) mass is 295 g/mol. The first-order chi connectivity index (χ1) is 8.02. The summed E-state index contributed by atoms with van der Waals surface area (Å²) in [5.41, 5.74) is 6.79. The van der Waals surface area contributed by atoms with Crippen molar-refractivity contribution in [1.29, 1.82) is 5.26 Å². The van der Waals surface area contributed by atoms with E-state index >= 15 is 0 Å². The standard InChI is InChI=1S/C12H14BrN3O/c1-8(15)2-5-12(17)16-11-4-3-9(7-14)6-10(11)13/h3-4,6,8H,2,5,15H2,1H3,(H,16,17). The summed E-state index contributed by atoms with van der Waals surface area (Å²) in [5.74, 6) is -0.0762. The van der Waals surface area contributed by atoms with Crippen LogP contribution in [0.15, 0.2) is 22.7 Å². The summed E-state index contributed by atoms with van der Waals surface area (Å²) in [5, 5.41) is 11.5. The molecule has 0 bridgehead atoms. The first kappa shape index (κ1) is 13.7. The van der Waals surface area contributed by atoms with Gasteiger partial charge in [-0.3, -0.25) is 4.79 Å². The summed E-state index contributed by atoms with van der Waals surface area (Å²) < 4.78 is 0.700. The minimum absolute atomic E-state index is 0.0187. The number of nitrogens with two attached hydrogens (primary N) is 1. The van der Waals surface area contributed by atoms with Gasteiger partial charge in [-0.25, -0.2) is 0 Å². The molecule has 0 aliphatic rings. The molecule has 0 fully saturated rings. The van der Waals surface area contributed by atoms with Crippen molar-refractivity contribution in [3.63, 3.8) is 0 Å². The largest absolute Gasteiger partial charge is 0.328 e. The molecular weight excluding hydrogens is 282 g/mol. The summed E-state index contributed by atoms with van der Waals surface area (Å²) in [7, 11) is 0. The molecule has 0 spiro atoms. The third-order valence-corrected chi connectivity index (χ3v) is 2.86. The maximum absolute atomic E-state index is 11.6. The van der Waals surface area contributed by atoms with Gasteiger partial charge in [0.2, 0.25) is 5.91 Å². The Morgan fingerprint density at radius 2 is 2.35 bits per heavy atom. The summed E-state index contributed by atoms with van der Waals surface area (Å²) in [6, 6.07) is 7.08. The summed E-state index contributed by atoms with van der Waals surface area (Å²) in [6.45, 7) is 1.87. The number of benzene rings is 1. The lowest BCUT2D eigenvalue weighted by molar-refractivity contribution is -0.116. The molecule has 1 aromatic rings. The van der Waals surface area contributed by atoms with Crippen molar-refractivity contribution < 1.29 is 4.79 Å². The lowest BCUT2D eigenvalue weighted by Gasteiger charge is -2.08. The van der Waals surface area contributed by atoms with Gasteiger partial charge in [-0.2, -0.15) is 5.26 Å². The van der Waals surface area contributed by atoms with Gasteiger partial charge in [-0.15, -0.1) is 0 Å². The van der Waals surface area contributed by atoms with Crippen LogP contribution in [0.2, 0.25) is 0 Å². The highest BCUT2D eigenvalue weighted by Gasteiger charge is 2.07. The number of carbonyl (C=O) groups is 1. The highest BCUT2D eigenvalue weighted by Crippen LogP contribution is 2.23. The van der Waals surface area contributed by atoms with E-state index in [9.17, 15) is 4.79 Å². The van der Waals surface area contributed by atoms with E-state index in [2.05, 4.69) is 21.2 Å². The smallest absolute Gasteiger partial charge is 0.224 e. The van der Waals surface area contributed by atoms with E-state index in [0.29, 0.717) is 28.6 Å². The SMILES string of the molecule is CC(N)CCC(=O)Nc1ccc(C#N)cc1Br. The summed E-state index contributed by atoms with van der Waals surface area (Å²) in [4.78, 5) is 11.6. The second kappa shape index (κ2) is 6.38. The fourth-order valence-electron chi connectivity index (χ4n) is 1.26. The van der Waals surface area contributed by atoms with Gasteiger partial charge in [0.1, 0.15) is 0 Å². The van der Waals surface area contributed by atoms with Crippen LogP contribution in [0.5, 0.6) is 0 Å². The molecule has 0 saturated heterocycles. The van der Waals surface area contributed by atoms with Crippen LogP contribution < -0.4 is 11.1 Å². The Hall–Kier alpha value is -1.38. The average molecular weight is 296 g/mol. The minimum Gasteiger partial charge on any atom is -0.328 e. The lowest BCUT2D eigenvalue weighted by atomic mass is 10.2. The van der Waals surface area contributed by atoms with Crippen molar-refractivity contribution in [2.24, 2.45) is 5.73 Å². The predicted molar refractivity (Wildman–Crippen MR) is 70.4 cm³/mol. The van der Waals surface area contributed by atoms with E-state index in [1.165, 1.54) is 0 Å². The molecule has 0 aromatic heterocycles. The zero-order valence-electron chi connectivity index (χ0n) is 9.53. The van der Waals surface area contributed by atoms with Gasteiger partial charge in [0.25, 0.3) is 0 Å². The topological polar surface area (TPSA) is 78.9 Å². The maximum atomic E-state index is 11.6. The Kier molecular flexibility index (Phi) is 5.13. The van der Waals surface area contributed by atoms with E-state index < -0.39 is 0 Å². The Morgan fingerprint density at radius 1 is 1.65 bits per heavy atom. The third-order valence-electron chi connectivity index (χ3n) is 2.20. The molecule has 1 rings (SSSR count). The second-order valence-electron chi connectivity index (χ2n) is 3.87. The molecule has 1 atom stereocenters. The first-order valence-electron chi connectivity index (χ1n) is 5.28. The molecule has 0 aliphatic heterocycles. The Morgan fingerprint density at radius 3 is 2.88 bits per heavy atom. The number of anilines is 1. The van der Waals surface area contributed by atoms with Crippen molar-refractivity contribution in [2.75, 3.05) is 5.32 Å². The molecule has 0 aliphatic carbocycles. The number of hydrogen-bond acceptors (Lipinski definition) is 3. The van der Waals surface area contributed by atoms with Crippen molar-refractivity contribution in [3.05, 3.63) is 28.2 Å². The zero-order valence-corrected chi connectivity index (χ0v) is 11.1. The number of nitriles is 1. The van der Waals surface area contributed by atoms with Crippen molar-refractivity contribution in [1.82, 2.24) is 0 Å². The molecule has 1 amide bonds. The van der Waals surface area contributed by atoms with Gasteiger partial charge < -0.3 is 11.1 Å². The van der Waals surface area contributed by atoms with Crippen LogP contribution in [-0.2, 0) is 4.79 Å². The van der Waals surface area contributed by atoms with Crippen LogP contribution in [0.1, 0.15) is 25.3 Å². The van der Waals surface area contributed by atoms with Crippen LogP contribution in [0.4, 0.5) is 5.69 Å². The number of carbonyl (C=O) groups excluding carboxylic acids is 1. The molecule has 1 unspecified atom stereocenters. The molecule has 17 heavy (non-hydrogen) atoms. The van der Waals surface area contributed by atoms with Gasteiger partial charge in [0.15, 0.2) is 0 Å². The normalized spacial score (nSPS) is 11.6. The Labute approximate surface area is 109 Å². The van der Waals surface area contributed by atoms with Crippen molar-refractivity contribution >= 4 is 27.5 Å². The summed E-state index contributed by atoms with van der Waals surface area (Å²) in [6.07, 6.45) is 1.05. The number of nitrogens with one attached hydrogen (secondary N) is 1. The molecule has 1 aromatic carbocycles. The van der Waals surface area contributed by atoms with Crippen LogP contribution in [0, 0.1) is 11.3 Å². The highest BCUT2D eigenvalue weighted by molar-refractivity contribution is 9.10. The predicted octanol–water partition coefficient (Wildman–Crippen LogP) is 2.39. The van der Waals surface area contributed by atoms with Gasteiger partial charge in [-0.1, -0.05) is 0 Å². The molecule has 5 heteroatoms. The minimum atomic E-state index is -0.0762. The number of rotatable bonds is 4. The molecular formula is C12H14BrN3O. The van der Waals surface area contributed by atoms with E-state index in [-0.39, 0.29) is 11.9 Å². The second-order valence-corrected chi connectivity index (χ2v) is 4.72. The number of nitrogens with zero attached hydrogens (tertiary/aromatic N) is 1. The van der Waals surface area contributed by atoms with E-state index in [1.807, 2.05) is 13.0 Å². The number of amides is 1. The maximum Gasteiger partial charge on any atom is 0.224 e. The Balaban J connectivity index is 2.63. The Bertz CT molecular complexity index is 452. The molecule has 4 nitrogen and oxygen atoms in total. The lowest BCUT2D eigenvalue weighted by Crippen LogP contribution is -2.19. The van der Waals surface area contributed by atoms with Crippen molar-refractivity contribution in [3.8, 4) is 6.07 Å². The van der Waals surface area contributed by atoms with Gasteiger partial charge in [-0.05, 0) is 47.5 Å². The van der Waals surface area contributed by atoms with Crippen LogP contribution >= 0.6 is 15.9 Å². The fraction of sp³-hybridized carbons (Fsp3) is 0.333. The van der Waals surface area contributed by atoms with Crippen molar-refractivity contribution in [2.45, 2.75) is 25.8 Å². The number of halogens is 1. The van der Waals surface area contributed by atoms with Gasteiger partial charge >= 0.3 is 0 Å². The zero-order chi connectivity index (χ0) is 12.8. The van der Waals surface area contributed by atoms with Crippen LogP contribution in [-0.4, -0.2) is 11.9 Å². The average Bonchev–Trinajstić information content (AvgIpc) is 2.29. The highest BCUT2D eigenvalue weighted by atomic mass is 79.9. The molecule has 3 N–H and O–H groups in total. The van der Waals surface area contributed by atoms with E-state index in [0.717, 1.165) is 0 Å². The van der Waals surface area contributed by atoms with Crippen LogP contribution in [0.3, 0.4) is 0 Å². The first-order valence-corrected chi connectivity index (χ1v) is 6.07. The quantitative estimate of drug-likeness (QED) is 0.895. The molecule has 0 heterocycles. The van der Waals surface area contributed by atoms with Crippen LogP contribution in [0.25, 0.3) is 0 Å². The van der Waals surface area contributed by atoms with E-state index in [1.54, 1.807) is 18.2 Å². The fourth-order valence-corrected chi connectivity index (χ4v) is 1.74. The molecule has 0 saturated carbocycles. The molecule has 90 valence electrons. The summed E-state index contributed by atoms with van der Waals surface area (Å²) >= 11 is 3.31. The van der Waals surface area contributed by atoms with E-state index in [4.69, 9.17) is 11.0 Å².